The number of nitrogens with one attached hydrogen (secondary N) is 1. The van der Waals surface area contributed by atoms with E-state index in [2.05, 4.69) is 15.3 Å². The summed E-state index contributed by atoms with van der Waals surface area (Å²) in [7, 11) is 0. The molecule has 0 amide bonds. The second-order valence-electron chi connectivity index (χ2n) is 3.86. The van der Waals surface area contributed by atoms with Gasteiger partial charge in [0.2, 0.25) is 0 Å². The topological polar surface area (TPSA) is 51.0 Å². The molecule has 84 valence electrons. The van der Waals surface area contributed by atoms with Gasteiger partial charge in [-0.25, -0.2) is 9.97 Å². The van der Waals surface area contributed by atoms with E-state index < -0.39 is 0 Å². The number of hydrogen-bond acceptors (Lipinski definition) is 4. The molecule has 1 atom stereocenters. The summed E-state index contributed by atoms with van der Waals surface area (Å²) in [6.07, 6.45) is 1.55. The number of hydrogen-bond donors (Lipinski definition) is 1. The molecular weight excluding hydrogens is 202 g/mol. The minimum absolute atomic E-state index is 0.1000. The molecule has 2 heterocycles. The predicted molar refractivity (Wildman–Crippen MR) is 62.3 cm³/mol. The van der Waals surface area contributed by atoms with E-state index in [1.54, 1.807) is 6.33 Å². The standard InChI is InChI=1S/C12H15N3O/c1-8-6-12(14-7-13-8)15-10(3)11-5-4-9(2)16-11/h4-7,10H,1-3H3,(H,13,14,15). The van der Waals surface area contributed by atoms with Gasteiger partial charge < -0.3 is 9.73 Å². The molecule has 1 unspecified atom stereocenters. The summed E-state index contributed by atoms with van der Waals surface area (Å²) in [5.41, 5.74) is 0.945. The van der Waals surface area contributed by atoms with Crippen molar-refractivity contribution in [2.45, 2.75) is 26.8 Å². The largest absolute Gasteiger partial charge is 0.464 e. The van der Waals surface area contributed by atoms with Gasteiger partial charge in [-0.05, 0) is 32.9 Å². The fourth-order valence-electron chi connectivity index (χ4n) is 1.51. The lowest BCUT2D eigenvalue weighted by atomic mass is 10.2. The third-order valence-corrected chi connectivity index (χ3v) is 2.36. The zero-order valence-electron chi connectivity index (χ0n) is 9.69. The molecule has 0 aliphatic heterocycles. The molecule has 0 radical (unpaired) electrons. The number of rotatable bonds is 3. The first-order valence-corrected chi connectivity index (χ1v) is 5.26. The zero-order valence-corrected chi connectivity index (χ0v) is 9.69. The molecule has 2 rings (SSSR count). The Bertz CT molecular complexity index is 479. The molecular formula is C12H15N3O. The van der Waals surface area contributed by atoms with Gasteiger partial charge >= 0.3 is 0 Å². The summed E-state index contributed by atoms with van der Waals surface area (Å²) in [4.78, 5) is 8.20. The molecule has 0 spiro atoms. The molecule has 0 fully saturated rings. The number of nitrogens with zero attached hydrogens (tertiary/aromatic N) is 2. The summed E-state index contributed by atoms with van der Waals surface area (Å²) in [6.45, 7) is 5.91. The van der Waals surface area contributed by atoms with Crippen LogP contribution in [0.15, 0.2) is 28.9 Å². The van der Waals surface area contributed by atoms with Gasteiger partial charge in [0.1, 0.15) is 23.7 Å². The van der Waals surface area contributed by atoms with Crippen LogP contribution in [-0.4, -0.2) is 9.97 Å². The molecule has 0 saturated carbocycles. The van der Waals surface area contributed by atoms with Gasteiger partial charge in [0.15, 0.2) is 0 Å². The van der Waals surface area contributed by atoms with Crippen molar-refractivity contribution in [3.8, 4) is 0 Å². The number of anilines is 1. The van der Waals surface area contributed by atoms with Crippen molar-refractivity contribution >= 4 is 5.82 Å². The molecule has 0 aliphatic carbocycles. The van der Waals surface area contributed by atoms with Crippen LogP contribution < -0.4 is 5.32 Å². The predicted octanol–water partition coefficient (Wildman–Crippen LogP) is 2.86. The van der Waals surface area contributed by atoms with Crippen LogP contribution in [-0.2, 0) is 0 Å². The maximum atomic E-state index is 5.54. The third-order valence-electron chi connectivity index (χ3n) is 2.36. The van der Waals surface area contributed by atoms with Crippen LogP contribution in [0.2, 0.25) is 0 Å². The van der Waals surface area contributed by atoms with Crippen LogP contribution in [0.5, 0.6) is 0 Å². The van der Waals surface area contributed by atoms with Crippen molar-refractivity contribution in [2.24, 2.45) is 0 Å². The van der Waals surface area contributed by atoms with Crippen molar-refractivity contribution in [1.82, 2.24) is 9.97 Å². The van der Waals surface area contributed by atoms with Crippen LogP contribution in [0, 0.1) is 13.8 Å². The summed E-state index contributed by atoms with van der Waals surface area (Å²) >= 11 is 0. The number of aromatic nitrogens is 2. The average Bonchev–Trinajstić information content (AvgIpc) is 2.65. The van der Waals surface area contributed by atoms with Crippen LogP contribution in [0.3, 0.4) is 0 Å². The molecule has 0 aliphatic rings. The van der Waals surface area contributed by atoms with Gasteiger partial charge in [-0.15, -0.1) is 0 Å². The Morgan fingerprint density at radius 1 is 1.25 bits per heavy atom. The quantitative estimate of drug-likeness (QED) is 0.858. The lowest BCUT2D eigenvalue weighted by Gasteiger charge is -2.11. The fourth-order valence-corrected chi connectivity index (χ4v) is 1.51. The van der Waals surface area contributed by atoms with Gasteiger partial charge in [-0.3, -0.25) is 0 Å². The van der Waals surface area contributed by atoms with Crippen molar-refractivity contribution in [3.63, 3.8) is 0 Å². The SMILES string of the molecule is Cc1cc(NC(C)c2ccc(C)o2)ncn1. The molecule has 2 aromatic rings. The van der Waals surface area contributed by atoms with Gasteiger partial charge in [-0.2, -0.15) is 0 Å². The lowest BCUT2D eigenvalue weighted by molar-refractivity contribution is 0.466. The Labute approximate surface area is 94.7 Å². The van der Waals surface area contributed by atoms with Crippen molar-refractivity contribution < 1.29 is 4.42 Å². The summed E-state index contributed by atoms with van der Waals surface area (Å²) < 4.78 is 5.54. The highest BCUT2D eigenvalue weighted by atomic mass is 16.3. The lowest BCUT2D eigenvalue weighted by Crippen LogP contribution is -2.07. The zero-order chi connectivity index (χ0) is 11.5. The van der Waals surface area contributed by atoms with E-state index in [4.69, 9.17) is 4.42 Å². The van der Waals surface area contributed by atoms with Crippen molar-refractivity contribution in [1.29, 1.82) is 0 Å². The van der Waals surface area contributed by atoms with E-state index in [0.29, 0.717) is 0 Å². The highest BCUT2D eigenvalue weighted by Crippen LogP contribution is 2.19. The normalized spacial score (nSPS) is 12.4. The van der Waals surface area contributed by atoms with Gasteiger partial charge in [0, 0.05) is 11.8 Å². The molecule has 0 aromatic carbocycles. The molecule has 4 heteroatoms. The molecule has 0 bridgehead atoms. The average molecular weight is 217 g/mol. The smallest absolute Gasteiger partial charge is 0.130 e. The van der Waals surface area contributed by atoms with Crippen LogP contribution in [0.1, 0.15) is 30.2 Å². The molecule has 1 N–H and O–H groups in total. The van der Waals surface area contributed by atoms with E-state index in [-0.39, 0.29) is 6.04 Å². The molecule has 4 nitrogen and oxygen atoms in total. The minimum atomic E-state index is 0.1000. The van der Waals surface area contributed by atoms with Gasteiger partial charge in [0.05, 0.1) is 6.04 Å². The van der Waals surface area contributed by atoms with E-state index in [1.165, 1.54) is 0 Å². The Balaban J connectivity index is 2.10. The summed E-state index contributed by atoms with van der Waals surface area (Å²) in [5.74, 6) is 2.64. The van der Waals surface area contributed by atoms with Gasteiger partial charge in [-0.1, -0.05) is 0 Å². The number of aryl methyl sites for hydroxylation is 2. The molecule has 0 saturated heterocycles. The molecule has 2 aromatic heterocycles. The third kappa shape index (κ3) is 2.39. The van der Waals surface area contributed by atoms with E-state index in [0.717, 1.165) is 23.0 Å². The Hall–Kier alpha value is -1.84. The van der Waals surface area contributed by atoms with E-state index >= 15 is 0 Å². The maximum Gasteiger partial charge on any atom is 0.130 e. The first-order valence-electron chi connectivity index (χ1n) is 5.26. The van der Waals surface area contributed by atoms with E-state index in [9.17, 15) is 0 Å². The first kappa shape index (κ1) is 10.7. The minimum Gasteiger partial charge on any atom is -0.464 e. The second kappa shape index (κ2) is 4.35. The van der Waals surface area contributed by atoms with Crippen LogP contribution in [0.25, 0.3) is 0 Å². The van der Waals surface area contributed by atoms with Crippen molar-refractivity contribution in [2.75, 3.05) is 5.32 Å². The van der Waals surface area contributed by atoms with Crippen molar-refractivity contribution in [3.05, 3.63) is 41.7 Å². The first-order chi connectivity index (χ1) is 7.65. The Kier molecular flexibility index (Phi) is 2.90. The van der Waals surface area contributed by atoms with Gasteiger partial charge in [0.25, 0.3) is 0 Å². The maximum absolute atomic E-state index is 5.54. The summed E-state index contributed by atoms with van der Waals surface area (Å²) in [5, 5.41) is 3.27. The second-order valence-corrected chi connectivity index (χ2v) is 3.86. The Morgan fingerprint density at radius 2 is 2.06 bits per heavy atom. The van der Waals surface area contributed by atoms with E-state index in [1.807, 2.05) is 39.0 Å². The van der Waals surface area contributed by atoms with Crippen LogP contribution in [0.4, 0.5) is 5.82 Å². The Morgan fingerprint density at radius 3 is 2.69 bits per heavy atom. The highest BCUT2D eigenvalue weighted by Gasteiger charge is 2.09. The van der Waals surface area contributed by atoms with Crippen LogP contribution >= 0.6 is 0 Å². The number of furan rings is 1. The monoisotopic (exact) mass is 217 g/mol. The fraction of sp³-hybridized carbons (Fsp3) is 0.333. The highest BCUT2D eigenvalue weighted by molar-refractivity contribution is 5.36. The molecule has 16 heavy (non-hydrogen) atoms. The summed E-state index contributed by atoms with van der Waals surface area (Å²) in [6, 6.07) is 5.94.